The molecule has 0 bridgehead atoms. The summed E-state index contributed by atoms with van der Waals surface area (Å²) in [6.45, 7) is 8.65. The van der Waals surface area contributed by atoms with Crippen LogP contribution in [0.1, 0.15) is 38.8 Å². The summed E-state index contributed by atoms with van der Waals surface area (Å²) in [6.07, 6.45) is 0. The Kier molecular flexibility index (Phi) is 2.30. The summed E-state index contributed by atoms with van der Waals surface area (Å²) in [4.78, 5) is 5.56. The molecule has 0 radical (unpaired) electrons. The van der Waals surface area contributed by atoms with Gasteiger partial charge in [-0.2, -0.15) is 5.06 Å². The Balaban J connectivity index is 2.68. The third-order valence-corrected chi connectivity index (χ3v) is 3.56. The molecule has 2 N–H and O–H groups in total. The van der Waals surface area contributed by atoms with Crippen molar-refractivity contribution in [3.8, 4) is 0 Å². The van der Waals surface area contributed by atoms with Crippen LogP contribution in [0.4, 0.5) is 5.69 Å². The average molecular weight is 220 g/mol. The molecule has 1 aromatic carbocycles. The van der Waals surface area contributed by atoms with E-state index in [1.165, 1.54) is 11.1 Å². The Morgan fingerprint density at radius 2 is 1.62 bits per heavy atom. The van der Waals surface area contributed by atoms with Crippen LogP contribution in [0.2, 0.25) is 0 Å². The number of benzene rings is 1. The Hall–Kier alpha value is -1.06. The SMILES string of the molecule is CON1C(C)(C)c2ccc(N)cc2C1(C)C. The minimum atomic E-state index is -0.150. The fraction of sp³-hybridized carbons (Fsp3) is 0.538. The van der Waals surface area contributed by atoms with E-state index < -0.39 is 0 Å². The van der Waals surface area contributed by atoms with Gasteiger partial charge < -0.3 is 10.6 Å². The second-order valence-corrected chi connectivity index (χ2v) is 5.40. The molecule has 0 saturated heterocycles. The highest BCUT2D eigenvalue weighted by atomic mass is 16.7. The third-order valence-electron chi connectivity index (χ3n) is 3.56. The fourth-order valence-corrected chi connectivity index (χ4v) is 2.98. The number of nitrogens with zero attached hydrogens (tertiary/aromatic N) is 1. The molecule has 0 amide bonds. The maximum absolute atomic E-state index is 5.87. The van der Waals surface area contributed by atoms with E-state index in [9.17, 15) is 0 Å². The number of anilines is 1. The predicted octanol–water partition coefficient (Wildman–Crippen LogP) is 2.62. The van der Waals surface area contributed by atoms with Crippen molar-refractivity contribution >= 4 is 5.69 Å². The maximum atomic E-state index is 5.87. The van der Waals surface area contributed by atoms with Crippen molar-refractivity contribution in [3.05, 3.63) is 29.3 Å². The normalized spacial score (nSPS) is 22.1. The van der Waals surface area contributed by atoms with Crippen LogP contribution >= 0.6 is 0 Å². The molecule has 1 heterocycles. The molecule has 16 heavy (non-hydrogen) atoms. The molecule has 0 unspecified atom stereocenters. The van der Waals surface area contributed by atoms with Gasteiger partial charge in [-0.25, -0.2) is 0 Å². The van der Waals surface area contributed by atoms with Gasteiger partial charge in [-0.1, -0.05) is 6.07 Å². The molecule has 0 spiro atoms. The molecular weight excluding hydrogens is 200 g/mol. The van der Waals surface area contributed by atoms with Gasteiger partial charge in [0.1, 0.15) is 0 Å². The first-order chi connectivity index (χ1) is 7.31. The minimum Gasteiger partial charge on any atom is -0.399 e. The number of hydrogen-bond donors (Lipinski definition) is 1. The molecule has 1 aliphatic heterocycles. The van der Waals surface area contributed by atoms with Crippen LogP contribution < -0.4 is 5.73 Å². The van der Waals surface area contributed by atoms with Gasteiger partial charge in [-0.3, -0.25) is 0 Å². The van der Waals surface area contributed by atoms with E-state index in [4.69, 9.17) is 10.6 Å². The highest BCUT2D eigenvalue weighted by Gasteiger charge is 2.49. The highest BCUT2D eigenvalue weighted by molar-refractivity contribution is 5.52. The molecule has 0 aromatic heterocycles. The quantitative estimate of drug-likeness (QED) is 0.739. The zero-order chi connectivity index (χ0) is 12.1. The van der Waals surface area contributed by atoms with Crippen molar-refractivity contribution in [2.24, 2.45) is 0 Å². The first-order valence-electron chi connectivity index (χ1n) is 5.56. The van der Waals surface area contributed by atoms with Gasteiger partial charge in [-0.15, -0.1) is 0 Å². The second-order valence-electron chi connectivity index (χ2n) is 5.40. The first kappa shape index (κ1) is 11.4. The van der Waals surface area contributed by atoms with Crippen LogP contribution in [0.3, 0.4) is 0 Å². The van der Waals surface area contributed by atoms with E-state index in [0.29, 0.717) is 0 Å². The number of nitrogen functional groups attached to an aromatic ring is 1. The molecule has 1 aliphatic rings. The summed E-state index contributed by atoms with van der Waals surface area (Å²) in [5.41, 5.74) is 8.94. The van der Waals surface area contributed by atoms with E-state index >= 15 is 0 Å². The van der Waals surface area contributed by atoms with Gasteiger partial charge in [-0.05, 0) is 51.0 Å². The highest BCUT2D eigenvalue weighted by Crippen LogP contribution is 2.49. The van der Waals surface area contributed by atoms with Crippen molar-refractivity contribution in [3.63, 3.8) is 0 Å². The van der Waals surface area contributed by atoms with Crippen LogP contribution in [0.15, 0.2) is 18.2 Å². The number of nitrogens with two attached hydrogens (primary N) is 1. The van der Waals surface area contributed by atoms with Crippen LogP contribution in [-0.2, 0) is 15.9 Å². The molecule has 0 saturated carbocycles. The topological polar surface area (TPSA) is 38.5 Å². The molecule has 2 rings (SSSR count). The average Bonchev–Trinajstić information content (AvgIpc) is 2.30. The van der Waals surface area contributed by atoms with E-state index in [-0.39, 0.29) is 11.1 Å². The van der Waals surface area contributed by atoms with Gasteiger partial charge in [0, 0.05) is 5.69 Å². The standard InChI is InChI=1S/C13H20N2O/c1-12(2)10-7-6-9(14)8-11(10)13(3,4)15(12)16-5/h6-8H,14H2,1-5H3. The van der Waals surface area contributed by atoms with Gasteiger partial charge in [0.15, 0.2) is 0 Å². The van der Waals surface area contributed by atoms with E-state index in [1.54, 1.807) is 7.11 Å². The smallest absolute Gasteiger partial charge is 0.0668 e. The molecular formula is C13H20N2O. The third kappa shape index (κ3) is 1.28. The monoisotopic (exact) mass is 220 g/mol. The molecule has 0 atom stereocenters. The van der Waals surface area contributed by atoms with Crippen molar-refractivity contribution in [1.29, 1.82) is 0 Å². The molecule has 0 fully saturated rings. The Morgan fingerprint density at radius 3 is 2.19 bits per heavy atom. The molecule has 3 heteroatoms. The molecule has 0 aliphatic carbocycles. The Morgan fingerprint density at radius 1 is 1.06 bits per heavy atom. The van der Waals surface area contributed by atoms with Crippen molar-refractivity contribution in [1.82, 2.24) is 5.06 Å². The van der Waals surface area contributed by atoms with Crippen LogP contribution in [0, 0.1) is 0 Å². The molecule has 88 valence electrons. The summed E-state index contributed by atoms with van der Waals surface area (Å²) < 4.78 is 0. The van der Waals surface area contributed by atoms with Crippen molar-refractivity contribution < 1.29 is 4.84 Å². The number of hydrogen-bond acceptors (Lipinski definition) is 3. The van der Waals surface area contributed by atoms with Crippen LogP contribution in [-0.4, -0.2) is 12.2 Å². The molecule has 1 aromatic rings. The van der Waals surface area contributed by atoms with E-state index in [2.05, 4.69) is 39.8 Å². The van der Waals surface area contributed by atoms with Gasteiger partial charge in [0.05, 0.1) is 18.2 Å². The van der Waals surface area contributed by atoms with E-state index in [1.807, 2.05) is 11.1 Å². The summed E-state index contributed by atoms with van der Waals surface area (Å²) in [6, 6.07) is 6.11. The second kappa shape index (κ2) is 3.22. The lowest BCUT2D eigenvalue weighted by atomic mass is 9.90. The summed E-state index contributed by atoms with van der Waals surface area (Å²) in [7, 11) is 1.72. The zero-order valence-electron chi connectivity index (χ0n) is 10.7. The number of hydroxylamine groups is 2. The van der Waals surface area contributed by atoms with Crippen molar-refractivity contribution in [2.75, 3.05) is 12.8 Å². The molecule has 3 nitrogen and oxygen atoms in total. The zero-order valence-corrected chi connectivity index (χ0v) is 10.7. The number of rotatable bonds is 1. The van der Waals surface area contributed by atoms with Crippen LogP contribution in [0.25, 0.3) is 0 Å². The number of fused-ring (bicyclic) bond motifs is 1. The Labute approximate surface area is 97.1 Å². The lowest BCUT2D eigenvalue weighted by Crippen LogP contribution is -2.44. The fourth-order valence-electron chi connectivity index (χ4n) is 2.98. The summed E-state index contributed by atoms with van der Waals surface area (Å²) in [5.74, 6) is 0. The van der Waals surface area contributed by atoms with Crippen LogP contribution in [0.5, 0.6) is 0 Å². The maximum Gasteiger partial charge on any atom is 0.0668 e. The van der Waals surface area contributed by atoms with Gasteiger partial charge in [0.25, 0.3) is 0 Å². The summed E-state index contributed by atoms with van der Waals surface area (Å²) >= 11 is 0. The lowest BCUT2D eigenvalue weighted by molar-refractivity contribution is -0.241. The lowest BCUT2D eigenvalue weighted by Gasteiger charge is -2.38. The van der Waals surface area contributed by atoms with E-state index in [0.717, 1.165) is 5.69 Å². The predicted molar refractivity (Wildman–Crippen MR) is 65.8 cm³/mol. The first-order valence-corrected chi connectivity index (χ1v) is 5.56. The Bertz CT molecular complexity index is 424. The minimum absolute atomic E-state index is 0.124. The summed E-state index contributed by atoms with van der Waals surface area (Å²) in [5, 5.41) is 2.03. The van der Waals surface area contributed by atoms with Crippen molar-refractivity contribution in [2.45, 2.75) is 38.8 Å². The van der Waals surface area contributed by atoms with Gasteiger partial charge in [0.2, 0.25) is 0 Å². The largest absolute Gasteiger partial charge is 0.399 e. The van der Waals surface area contributed by atoms with Gasteiger partial charge >= 0.3 is 0 Å².